The van der Waals surface area contributed by atoms with Crippen molar-refractivity contribution in [2.45, 2.75) is 18.9 Å². The topological polar surface area (TPSA) is 71.2 Å². The monoisotopic (exact) mass is 233 g/mol. The van der Waals surface area contributed by atoms with Gasteiger partial charge in [-0.15, -0.1) is 5.10 Å². The second-order valence-electron chi connectivity index (χ2n) is 4.36. The molecule has 7 nitrogen and oxygen atoms in total. The lowest BCUT2D eigenvalue weighted by Crippen LogP contribution is -2.31. The number of tetrazole rings is 1. The summed E-state index contributed by atoms with van der Waals surface area (Å²) in [6.45, 7) is 1.89. The summed E-state index contributed by atoms with van der Waals surface area (Å²) in [4.78, 5) is 6.24. The van der Waals surface area contributed by atoms with Gasteiger partial charge in [-0.2, -0.15) is 4.52 Å². The molecule has 7 heteroatoms. The fourth-order valence-electron chi connectivity index (χ4n) is 1.76. The van der Waals surface area contributed by atoms with Crippen LogP contribution in [0.5, 0.6) is 0 Å². The summed E-state index contributed by atoms with van der Waals surface area (Å²) in [5.74, 6) is 0.907. The van der Waals surface area contributed by atoms with Gasteiger partial charge in [0.2, 0.25) is 0 Å². The first-order valence-electron chi connectivity index (χ1n) is 5.81. The third kappa shape index (κ3) is 2.19. The Bertz CT molecular complexity index is 504. The van der Waals surface area contributed by atoms with Crippen LogP contribution in [0.15, 0.2) is 12.4 Å². The minimum atomic E-state index is 0.671. The molecule has 0 bridgehead atoms. The number of anilines is 1. The number of nitrogens with one attached hydrogen (secondary N) is 1. The molecule has 2 heterocycles. The van der Waals surface area contributed by atoms with Gasteiger partial charge in [-0.1, -0.05) is 0 Å². The number of hydrogen-bond acceptors (Lipinski definition) is 6. The van der Waals surface area contributed by atoms with Crippen molar-refractivity contribution in [3.05, 3.63) is 12.4 Å². The number of nitrogens with zero attached hydrogens (tertiary/aromatic N) is 6. The van der Waals surface area contributed by atoms with Crippen LogP contribution in [0.25, 0.3) is 5.65 Å². The van der Waals surface area contributed by atoms with Crippen LogP contribution >= 0.6 is 0 Å². The van der Waals surface area contributed by atoms with Gasteiger partial charge < -0.3 is 10.2 Å². The third-order valence-corrected chi connectivity index (χ3v) is 2.94. The van der Waals surface area contributed by atoms with Crippen molar-refractivity contribution >= 4 is 11.5 Å². The van der Waals surface area contributed by atoms with Gasteiger partial charge >= 0.3 is 0 Å². The highest BCUT2D eigenvalue weighted by Crippen LogP contribution is 2.18. The third-order valence-electron chi connectivity index (χ3n) is 2.94. The Labute approximate surface area is 98.8 Å². The Hall–Kier alpha value is -1.76. The second-order valence-corrected chi connectivity index (χ2v) is 4.36. The van der Waals surface area contributed by atoms with Crippen molar-refractivity contribution in [2.75, 3.05) is 25.0 Å². The molecule has 90 valence electrons. The summed E-state index contributed by atoms with van der Waals surface area (Å²) in [6, 6.07) is 0.741. The van der Waals surface area contributed by atoms with E-state index in [9.17, 15) is 0 Å². The van der Waals surface area contributed by atoms with E-state index in [1.807, 2.05) is 7.05 Å². The molecule has 3 rings (SSSR count). The van der Waals surface area contributed by atoms with Crippen molar-refractivity contribution in [3.8, 4) is 0 Å². The molecule has 0 spiro atoms. The van der Waals surface area contributed by atoms with Gasteiger partial charge in [-0.25, -0.2) is 0 Å². The molecular weight excluding hydrogens is 218 g/mol. The van der Waals surface area contributed by atoms with E-state index in [1.54, 1.807) is 16.9 Å². The van der Waals surface area contributed by atoms with E-state index >= 15 is 0 Å². The van der Waals surface area contributed by atoms with Crippen LogP contribution in [0.1, 0.15) is 12.8 Å². The van der Waals surface area contributed by atoms with Crippen molar-refractivity contribution in [1.82, 2.24) is 30.3 Å². The fourth-order valence-corrected chi connectivity index (χ4v) is 1.76. The molecule has 1 fully saturated rings. The van der Waals surface area contributed by atoms with E-state index in [-0.39, 0.29) is 0 Å². The summed E-state index contributed by atoms with van der Waals surface area (Å²) in [5, 5.41) is 14.9. The fraction of sp³-hybridized carbons (Fsp3) is 0.600. The largest absolute Gasteiger partial charge is 0.357 e. The zero-order valence-corrected chi connectivity index (χ0v) is 9.74. The number of likely N-dealkylation sites (N-methyl/N-ethyl adjacent to an activating group) is 1. The summed E-state index contributed by atoms with van der Waals surface area (Å²) >= 11 is 0. The first-order chi connectivity index (χ1) is 8.34. The molecule has 1 aliphatic carbocycles. The Balaban J connectivity index is 1.70. The molecule has 17 heavy (non-hydrogen) atoms. The minimum absolute atomic E-state index is 0.671. The van der Waals surface area contributed by atoms with Gasteiger partial charge in [-0.05, 0) is 23.3 Å². The molecule has 1 saturated carbocycles. The Morgan fingerprint density at radius 3 is 3.18 bits per heavy atom. The van der Waals surface area contributed by atoms with Gasteiger partial charge in [0.15, 0.2) is 11.5 Å². The molecule has 0 unspecified atom stereocenters. The zero-order valence-electron chi connectivity index (χ0n) is 9.74. The molecule has 0 aliphatic heterocycles. The van der Waals surface area contributed by atoms with E-state index in [1.165, 1.54) is 12.8 Å². The van der Waals surface area contributed by atoms with E-state index in [2.05, 4.69) is 30.7 Å². The average Bonchev–Trinajstić information content (AvgIpc) is 3.04. The summed E-state index contributed by atoms with van der Waals surface area (Å²) < 4.78 is 1.70. The Kier molecular flexibility index (Phi) is 2.60. The van der Waals surface area contributed by atoms with E-state index in [4.69, 9.17) is 0 Å². The van der Waals surface area contributed by atoms with Crippen LogP contribution in [0, 0.1) is 0 Å². The minimum Gasteiger partial charge on any atom is -0.357 e. The van der Waals surface area contributed by atoms with Crippen molar-refractivity contribution in [3.63, 3.8) is 0 Å². The van der Waals surface area contributed by atoms with Crippen LogP contribution in [-0.4, -0.2) is 51.2 Å². The standard InChI is InChI=1S/C10H15N7/c1-16(5-4-12-8-2-3-8)10-7-11-6-9-13-14-15-17(9)10/h6-8,12H,2-5H2,1H3. The number of fused-ring (bicyclic) bond motifs is 1. The maximum absolute atomic E-state index is 4.14. The maximum Gasteiger partial charge on any atom is 0.199 e. The van der Waals surface area contributed by atoms with Gasteiger partial charge in [0.25, 0.3) is 0 Å². The molecule has 2 aromatic rings. The normalized spacial score (nSPS) is 15.4. The Morgan fingerprint density at radius 1 is 1.47 bits per heavy atom. The van der Waals surface area contributed by atoms with Crippen LogP contribution in [-0.2, 0) is 0 Å². The van der Waals surface area contributed by atoms with Gasteiger partial charge in [0, 0.05) is 26.2 Å². The molecule has 1 aliphatic rings. The van der Waals surface area contributed by atoms with Crippen molar-refractivity contribution < 1.29 is 0 Å². The SMILES string of the molecule is CN(CCNC1CC1)c1cncc2nnnn12. The summed E-state index contributed by atoms with van der Waals surface area (Å²) in [6.07, 6.45) is 6.06. The van der Waals surface area contributed by atoms with E-state index < -0.39 is 0 Å². The molecule has 1 N–H and O–H groups in total. The van der Waals surface area contributed by atoms with Crippen molar-refractivity contribution in [1.29, 1.82) is 0 Å². The predicted octanol–water partition coefficient (Wildman–Crippen LogP) is -0.293. The number of hydrogen-bond donors (Lipinski definition) is 1. The first kappa shape index (κ1) is 10.4. The van der Waals surface area contributed by atoms with Gasteiger partial charge in [0.05, 0.1) is 12.4 Å². The lowest BCUT2D eigenvalue weighted by Gasteiger charge is -2.18. The maximum atomic E-state index is 4.14. The van der Waals surface area contributed by atoms with E-state index in [0.717, 1.165) is 24.9 Å². The quantitative estimate of drug-likeness (QED) is 0.765. The molecule has 0 saturated heterocycles. The number of aromatic nitrogens is 5. The van der Waals surface area contributed by atoms with Crippen LogP contribution in [0.3, 0.4) is 0 Å². The summed E-state index contributed by atoms with van der Waals surface area (Å²) in [5.41, 5.74) is 0.671. The second kappa shape index (κ2) is 4.25. The van der Waals surface area contributed by atoms with Gasteiger partial charge in [0.1, 0.15) is 0 Å². The first-order valence-corrected chi connectivity index (χ1v) is 5.81. The Morgan fingerprint density at radius 2 is 2.35 bits per heavy atom. The van der Waals surface area contributed by atoms with Gasteiger partial charge in [-0.3, -0.25) is 4.98 Å². The van der Waals surface area contributed by atoms with E-state index in [0.29, 0.717) is 5.65 Å². The highest BCUT2D eigenvalue weighted by atomic mass is 15.5. The van der Waals surface area contributed by atoms with Crippen LogP contribution in [0.2, 0.25) is 0 Å². The molecule has 0 atom stereocenters. The highest BCUT2D eigenvalue weighted by Gasteiger charge is 2.20. The molecule has 0 aromatic carbocycles. The lowest BCUT2D eigenvalue weighted by molar-refractivity contribution is 0.666. The molecule has 0 amide bonds. The highest BCUT2D eigenvalue weighted by molar-refractivity contribution is 5.45. The average molecular weight is 233 g/mol. The van der Waals surface area contributed by atoms with Crippen LogP contribution in [0.4, 0.5) is 5.82 Å². The zero-order chi connectivity index (χ0) is 11.7. The lowest BCUT2D eigenvalue weighted by atomic mass is 10.5. The molecular formula is C10H15N7. The number of rotatable bonds is 5. The predicted molar refractivity (Wildman–Crippen MR) is 62.9 cm³/mol. The summed E-state index contributed by atoms with van der Waals surface area (Å²) in [7, 11) is 2.02. The molecule has 2 aromatic heterocycles. The molecule has 0 radical (unpaired) electrons. The van der Waals surface area contributed by atoms with Crippen molar-refractivity contribution in [2.24, 2.45) is 0 Å². The van der Waals surface area contributed by atoms with Crippen LogP contribution < -0.4 is 10.2 Å². The smallest absolute Gasteiger partial charge is 0.199 e.